The summed E-state index contributed by atoms with van der Waals surface area (Å²) in [6.07, 6.45) is 5.77. The molecule has 5 rings (SSSR count). The van der Waals surface area contributed by atoms with Gasteiger partial charge in [0.1, 0.15) is 11.6 Å². The molecular formula is C34H41N9O4. The molecule has 4 aromatic rings. The molecule has 1 atom stereocenters. The van der Waals surface area contributed by atoms with E-state index in [0.717, 1.165) is 35.1 Å². The number of nitrogens with zero attached hydrogens (tertiary/aromatic N) is 5. The zero-order valence-corrected chi connectivity index (χ0v) is 26.8. The summed E-state index contributed by atoms with van der Waals surface area (Å²) in [4.78, 5) is 45.5. The molecule has 0 aliphatic heterocycles. The molecule has 3 amide bonds. The number of hydrogen-bond donors (Lipinski definition) is 4. The summed E-state index contributed by atoms with van der Waals surface area (Å²) < 4.78 is 5.36. The number of nitrogen functional groups attached to an aromatic ring is 1. The maximum atomic E-state index is 14.4. The van der Waals surface area contributed by atoms with Crippen molar-refractivity contribution in [2.24, 2.45) is 17.6 Å². The Morgan fingerprint density at radius 3 is 2.38 bits per heavy atom. The fourth-order valence-corrected chi connectivity index (χ4v) is 5.91. The van der Waals surface area contributed by atoms with Crippen molar-refractivity contribution in [2.45, 2.75) is 64.5 Å². The zero-order valence-electron chi connectivity index (χ0n) is 26.8. The topological polar surface area (TPSA) is 195 Å². The van der Waals surface area contributed by atoms with Crippen molar-refractivity contribution < 1.29 is 19.1 Å². The van der Waals surface area contributed by atoms with Gasteiger partial charge in [-0.15, -0.1) is 5.10 Å². The predicted molar refractivity (Wildman–Crippen MR) is 178 cm³/mol. The number of primary amides is 1. The molecule has 2 heterocycles. The molecule has 1 aliphatic rings. The first-order valence-electron chi connectivity index (χ1n) is 15.7. The molecule has 2 aromatic carbocycles. The molecule has 1 aliphatic carbocycles. The van der Waals surface area contributed by atoms with E-state index >= 15 is 0 Å². The maximum Gasteiger partial charge on any atom is 0.407 e. The minimum absolute atomic E-state index is 0.169. The van der Waals surface area contributed by atoms with Crippen LogP contribution in [0, 0.1) is 11.8 Å². The Morgan fingerprint density at radius 2 is 1.74 bits per heavy atom. The smallest absolute Gasteiger partial charge is 0.407 e. The summed E-state index contributed by atoms with van der Waals surface area (Å²) in [7, 11) is 0. The van der Waals surface area contributed by atoms with Gasteiger partial charge < -0.3 is 21.5 Å². The summed E-state index contributed by atoms with van der Waals surface area (Å²) in [5, 5.41) is 16.8. The van der Waals surface area contributed by atoms with Crippen LogP contribution in [-0.2, 0) is 20.7 Å². The number of H-pyrrole nitrogens is 1. The highest BCUT2D eigenvalue weighted by atomic mass is 16.6. The summed E-state index contributed by atoms with van der Waals surface area (Å²) in [5.41, 5.74) is 15.8. The van der Waals surface area contributed by atoms with E-state index in [1.807, 2.05) is 51.1 Å². The number of nitrogens with two attached hydrogens (primary N) is 2. The summed E-state index contributed by atoms with van der Waals surface area (Å²) >= 11 is 0. The van der Waals surface area contributed by atoms with Crippen molar-refractivity contribution in [3.05, 3.63) is 72.6 Å². The SMILES string of the molecule is CC(C)(C)OC(=O)NC[C@H]1CC[C@H](C(=O)N(c2ccc(-c3nnn[nH]3)cc2)[C@@H](Cc2cccc(-c3cncc(N)c3)c2)C(N)=O)CC1. The molecule has 0 unspecified atom stereocenters. The maximum absolute atomic E-state index is 14.4. The lowest BCUT2D eigenvalue weighted by molar-refractivity contribution is -0.127. The van der Waals surface area contributed by atoms with E-state index in [-0.39, 0.29) is 24.2 Å². The van der Waals surface area contributed by atoms with Gasteiger partial charge >= 0.3 is 6.09 Å². The van der Waals surface area contributed by atoms with Crippen LogP contribution in [-0.4, -0.2) is 61.7 Å². The largest absolute Gasteiger partial charge is 0.444 e. The van der Waals surface area contributed by atoms with E-state index in [9.17, 15) is 14.4 Å². The standard InChI is InChI=1S/C34H41N9O4/c1-34(2,3)47-33(46)38-18-21-7-9-24(10-8-21)32(45)43(28-13-11-23(12-14-28)31-39-41-42-40-31)29(30(36)44)16-22-5-4-6-25(15-22)26-17-27(35)20-37-19-26/h4-6,11-15,17,19-21,24,29H,7-10,16,18,35H2,1-3H3,(H2,36,44)(H,38,46)(H,39,40,41,42)/t21-,24-,29-/m0/s1. The van der Waals surface area contributed by atoms with Crippen molar-refractivity contribution in [3.8, 4) is 22.5 Å². The number of amides is 3. The third kappa shape index (κ3) is 8.69. The number of anilines is 2. The Labute approximate surface area is 273 Å². The number of hydrogen-bond acceptors (Lipinski definition) is 9. The number of rotatable bonds is 10. The van der Waals surface area contributed by atoms with E-state index < -0.39 is 23.6 Å². The number of tetrazole rings is 1. The number of benzene rings is 2. The Hall–Kier alpha value is -5.33. The second-order valence-corrected chi connectivity index (χ2v) is 12.9. The van der Waals surface area contributed by atoms with Crippen LogP contribution < -0.4 is 21.7 Å². The second-order valence-electron chi connectivity index (χ2n) is 12.9. The first-order chi connectivity index (χ1) is 22.5. The highest BCUT2D eigenvalue weighted by Gasteiger charge is 2.36. The van der Waals surface area contributed by atoms with Gasteiger partial charge in [-0.2, -0.15) is 0 Å². The Morgan fingerprint density at radius 1 is 1.00 bits per heavy atom. The Kier molecular flexibility index (Phi) is 10.1. The minimum Gasteiger partial charge on any atom is -0.444 e. The highest BCUT2D eigenvalue weighted by molar-refractivity contribution is 6.01. The second kappa shape index (κ2) is 14.4. The van der Waals surface area contributed by atoms with Gasteiger partial charge in [-0.1, -0.05) is 24.3 Å². The molecule has 0 bridgehead atoms. The lowest BCUT2D eigenvalue weighted by Crippen LogP contribution is -2.52. The molecule has 0 saturated heterocycles. The van der Waals surface area contributed by atoms with E-state index in [4.69, 9.17) is 16.2 Å². The number of aromatic nitrogens is 5. The van der Waals surface area contributed by atoms with Crippen LogP contribution in [0.5, 0.6) is 0 Å². The first-order valence-corrected chi connectivity index (χ1v) is 15.7. The summed E-state index contributed by atoms with van der Waals surface area (Å²) in [6, 6.07) is 15.7. The van der Waals surface area contributed by atoms with Crippen molar-refractivity contribution >= 4 is 29.3 Å². The van der Waals surface area contributed by atoms with E-state index in [1.165, 1.54) is 0 Å². The van der Waals surface area contributed by atoms with Crippen LogP contribution in [0.2, 0.25) is 0 Å². The number of nitrogens with one attached hydrogen (secondary N) is 2. The molecule has 6 N–H and O–H groups in total. The number of alkyl carbamates (subject to hydrolysis) is 1. The van der Waals surface area contributed by atoms with Crippen LogP contribution in [0.1, 0.15) is 52.0 Å². The van der Waals surface area contributed by atoms with E-state index in [0.29, 0.717) is 36.6 Å². The molecular weight excluding hydrogens is 598 g/mol. The van der Waals surface area contributed by atoms with Crippen molar-refractivity contribution in [3.63, 3.8) is 0 Å². The minimum atomic E-state index is -0.957. The highest BCUT2D eigenvalue weighted by Crippen LogP contribution is 2.33. The van der Waals surface area contributed by atoms with Crippen molar-refractivity contribution in [1.82, 2.24) is 30.9 Å². The third-order valence-electron chi connectivity index (χ3n) is 8.22. The van der Waals surface area contributed by atoms with Gasteiger partial charge in [0.05, 0.1) is 5.69 Å². The molecule has 13 heteroatoms. The van der Waals surface area contributed by atoms with E-state index in [2.05, 4.69) is 30.9 Å². The zero-order chi connectivity index (χ0) is 33.6. The molecule has 47 heavy (non-hydrogen) atoms. The van der Waals surface area contributed by atoms with Gasteiger partial charge in [0.25, 0.3) is 0 Å². The summed E-state index contributed by atoms with van der Waals surface area (Å²) in [5.74, 6) is -0.415. The molecule has 0 radical (unpaired) electrons. The fraction of sp³-hybridized carbons (Fsp3) is 0.382. The molecule has 1 saturated carbocycles. The number of carbonyl (C=O) groups is 3. The van der Waals surface area contributed by atoms with Crippen molar-refractivity contribution in [2.75, 3.05) is 17.2 Å². The number of carbonyl (C=O) groups excluding carboxylic acids is 3. The van der Waals surface area contributed by atoms with Gasteiger partial charge in [0.15, 0.2) is 5.82 Å². The molecule has 246 valence electrons. The van der Waals surface area contributed by atoms with Crippen LogP contribution in [0.25, 0.3) is 22.5 Å². The molecule has 0 spiro atoms. The summed E-state index contributed by atoms with van der Waals surface area (Å²) in [6.45, 7) is 5.93. The van der Waals surface area contributed by atoms with Crippen molar-refractivity contribution in [1.29, 1.82) is 0 Å². The van der Waals surface area contributed by atoms with Gasteiger partial charge in [-0.25, -0.2) is 9.89 Å². The van der Waals surface area contributed by atoms with Crippen LogP contribution in [0.3, 0.4) is 0 Å². The lowest BCUT2D eigenvalue weighted by Gasteiger charge is -2.36. The predicted octanol–water partition coefficient (Wildman–Crippen LogP) is 4.27. The van der Waals surface area contributed by atoms with Crippen LogP contribution >= 0.6 is 0 Å². The Bertz CT molecular complexity index is 1680. The van der Waals surface area contributed by atoms with Gasteiger partial charge in [-0.05, 0) is 104 Å². The number of aromatic amines is 1. The third-order valence-corrected chi connectivity index (χ3v) is 8.22. The average molecular weight is 640 g/mol. The number of pyridine rings is 1. The van der Waals surface area contributed by atoms with E-state index in [1.54, 1.807) is 41.6 Å². The fourth-order valence-electron chi connectivity index (χ4n) is 5.91. The van der Waals surface area contributed by atoms with Gasteiger partial charge in [0.2, 0.25) is 11.8 Å². The quantitative estimate of drug-likeness (QED) is 0.196. The molecule has 13 nitrogen and oxygen atoms in total. The molecule has 2 aromatic heterocycles. The Balaban J connectivity index is 1.37. The first kappa shape index (κ1) is 33.0. The molecule has 1 fully saturated rings. The lowest BCUT2D eigenvalue weighted by atomic mass is 9.81. The van der Waals surface area contributed by atoms with Crippen LogP contribution in [0.15, 0.2) is 67.0 Å². The van der Waals surface area contributed by atoms with Gasteiger partial charge in [0, 0.05) is 48.1 Å². The number of ether oxygens (including phenoxy) is 1. The normalized spacial score (nSPS) is 17.0. The van der Waals surface area contributed by atoms with Gasteiger partial charge in [-0.3, -0.25) is 19.5 Å². The van der Waals surface area contributed by atoms with Crippen LogP contribution in [0.4, 0.5) is 16.2 Å². The average Bonchev–Trinajstić information content (AvgIpc) is 3.59. The monoisotopic (exact) mass is 639 g/mol.